The van der Waals surface area contributed by atoms with Crippen molar-refractivity contribution in [2.75, 3.05) is 12.0 Å². The number of aliphatic carboxylic acids is 1. The second-order valence-electron chi connectivity index (χ2n) is 4.68. The molecular weight excluding hydrogens is 240 g/mol. The van der Waals surface area contributed by atoms with Crippen LogP contribution in [0.2, 0.25) is 0 Å². The van der Waals surface area contributed by atoms with Gasteiger partial charge in [0.1, 0.15) is 6.04 Å². The highest BCUT2D eigenvalue weighted by molar-refractivity contribution is 7.98. The first kappa shape index (κ1) is 14.2. The summed E-state index contributed by atoms with van der Waals surface area (Å²) in [5.74, 6) is -0.262. The van der Waals surface area contributed by atoms with Gasteiger partial charge >= 0.3 is 12.0 Å². The predicted molar refractivity (Wildman–Crippen MR) is 68.3 cm³/mol. The van der Waals surface area contributed by atoms with Gasteiger partial charge in [0.2, 0.25) is 0 Å². The van der Waals surface area contributed by atoms with Crippen LogP contribution in [0.3, 0.4) is 0 Å². The Labute approximate surface area is 106 Å². The fraction of sp³-hybridized carbons (Fsp3) is 0.818. The predicted octanol–water partition coefficient (Wildman–Crippen LogP) is 1.43. The Bertz CT molecular complexity index is 292. The van der Waals surface area contributed by atoms with E-state index in [2.05, 4.69) is 10.6 Å². The van der Waals surface area contributed by atoms with Gasteiger partial charge in [-0.3, -0.25) is 0 Å². The van der Waals surface area contributed by atoms with Gasteiger partial charge in [-0.25, -0.2) is 9.59 Å². The molecule has 17 heavy (non-hydrogen) atoms. The van der Waals surface area contributed by atoms with E-state index in [1.165, 1.54) is 0 Å². The first-order valence-corrected chi connectivity index (χ1v) is 7.17. The van der Waals surface area contributed by atoms with Crippen molar-refractivity contribution in [2.24, 2.45) is 0 Å². The highest BCUT2D eigenvalue weighted by Gasteiger charge is 2.34. The molecule has 0 saturated heterocycles. The Morgan fingerprint density at radius 1 is 1.47 bits per heavy atom. The van der Waals surface area contributed by atoms with Crippen LogP contribution in [-0.2, 0) is 4.79 Å². The van der Waals surface area contributed by atoms with E-state index in [9.17, 15) is 9.59 Å². The van der Waals surface area contributed by atoms with E-state index in [1.807, 2.05) is 13.2 Å². The fourth-order valence-electron chi connectivity index (χ4n) is 1.79. The van der Waals surface area contributed by atoms with Crippen LogP contribution in [0.4, 0.5) is 4.79 Å². The Kier molecular flexibility index (Phi) is 5.11. The zero-order valence-electron chi connectivity index (χ0n) is 10.3. The van der Waals surface area contributed by atoms with Crippen molar-refractivity contribution in [3.8, 4) is 0 Å². The fourth-order valence-corrected chi connectivity index (χ4v) is 2.27. The number of thioether (sulfide) groups is 1. The lowest BCUT2D eigenvalue weighted by Gasteiger charge is -2.39. The molecule has 0 bridgehead atoms. The molecular formula is C11H20N2O3S. The topological polar surface area (TPSA) is 78.4 Å². The van der Waals surface area contributed by atoms with Gasteiger partial charge in [-0.05, 0) is 44.6 Å². The lowest BCUT2D eigenvalue weighted by molar-refractivity contribution is -0.139. The van der Waals surface area contributed by atoms with Crippen LogP contribution >= 0.6 is 11.8 Å². The van der Waals surface area contributed by atoms with Crippen molar-refractivity contribution in [3.63, 3.8) is 0 Å². The van der Waals surface area contributed by atoms with Gasteiger partial charge in [0, 0.05) is 5.54 Å². The minimum Gasteiger partial charge on any atom is -0.480 e. The van der Waals surface area contributed by atoms with Crippen molar-refractivity contribution in [2.45, 2.75) is 44.2 Å². The van der Waals surface area contributed by atoms with Gasteiger partial charge < -0.3 is 15.7 Å². The highest BCUT2D eigenvalue weighted by atomic mass is 32.2. The number of nitrogens with one attached hydrogen (secondary N) is 2. The summed E-state index contributed by atoms with van der Waals surface area (Å²) in [6.45, 7) is 1.98. The maximum absolute atomic E-state index is 11.6. The van der Waals surface area contributed by atoms with Crippen LogP contribution in [0.15, 0.2) is 0 Å². The van der Waals surface area contributed by atoms with E-state index >= 15 is 0 Å². The monoisotopic (exact) mass is 260 g/mol. The first-order chi connectivity index (χ1) is 7.97. The molecule has 2 amide bonds. The zero-order valence-corrected chi connectivity index (χ0v) is 11.1. The molecule has 1 fully saturated rings. The van der Waals surface area contributed by atoms with Crippen molar-refractivity contribution < 1.29 is 14.7 Å². The third-order valence-corrected chi connectivity index (χ3v) is 3.73. The summed E-state index contributed by atoms with van der Waals surface area (Å²) in [7, 11) is 0. The lowest BCUT2D eigenvalue weighted by atomic mass is 9.79. The number of amides is 2. The van der Waals surface area contributed by atoms with E-state index in [-0.39, 0.29) is 11.6 Å². The minimum atomic E-state index is -0.979. The van der Waals surface area contributed by atoms with Crippen molar-refractivity contribution >= 4 is 23.8 Å². The molecule has 1 aliphatic carbocycles. The largest absolute Gasteiger partial charge is 0.480 e. The first-order valence-electron chi connectivity index (χ1n) is 5.77. The van der Waals surface area contributed by atoms with Gasteiger partial charge in [0.25, 0.3) is 0 Å². The SMILES string of the molecule is CSCCC(NC(=O)NC1(C)CCC1)C(=O)O. The number of carbonyl (C=O) groups excluding carboxylic acids is 1. The van der Waals surface area contributed by atoms with Crippen molar-refractivity contribution in [3.05, 3.63) is 0 Å². The molecule has 98 valence electrons. The van der Waals surface area contributed by atoms with Gasteiger partial charge in [-0.2, -0.15) is 11.8 Å². The van der Waals surface area contributed by atoms with E-state index < -0.39 is 12.0 Å². The summed E-state index contributed by atoms with van der Waals surface area (Å²) in [5.41, 5.74) is -0.146. The molecule has 0 radical (unpaired) electrons. The summed E-state index contributed by atoms with van der Waals surface area (Å²) in [6.07, 6.45) is 5.40. The molecule has 0 aliphatic heterocycles. The van der Waals surface area contributed by atoms with Crippen molar-refractivity contribution in [1.82, 2.24) is 10.6 Å². The summed E-state index contributed by atoms with van der Waals surface area (Å²) in [5, 5.41) is 14.3. The number of hydrogen-bond acceptors (Lipinski definition) is 3. The van der Waals surface area contributed by atoms with E-state index in [4.69, 9.17) is 5.11 Å². The second kappa shape index (κ2) is 6.14. The maximum atomic E-state index is 11.6. The number of hydrogen-bond donors (Lipinski definition) is 3. The average molecular weight is 260 g/mol. The van der Waals surface area contributed by atoms with Crippen LogP contribution in [0.1, 0.15) is 32.6 Å². The summed E-state index contributed by atoms with van der Waals surface area (Å²) >= 11 is 1.57. The van der Waals surface area contributed by atoms with Crippen LogP contribution in [0.5, 0.6) is 0 Å². The third kappa shape index (κ3) is 4.46. The molecule has 1 saturated carbocycles. The van der Waals surface area contributed by atoms with Gasteiger partial charge in [-0.15, -0.1) is 0 Å². The Morgan fingerprint density at radius 3 is 2.53 bits per heavy atom. The molecule has 1 unspecified atom stereocenters. The molecule has 3 N–H and O–H groups in total. The van der Waals surface area contributed by atoms with Gasteiger partial charge in [0.05, 0.1) is 0 Å². The summed E-state index contributed by atoms with van der Waals surface area (Å²) in [6, 6.07) is -1.17. The number of carboxylic acid groups (broad SMARTS) is 1. The van der Waals surface area contributed by atoms with Crippen LogP contribution < -0.4 is 10.6 Å². The maximum Gasteiger partial charge on any atom is 0.326 e. The average Bonchev–Trinajstić information content (AvgIpc) is 2.21. The number of carboxylic acids is 1. The highest BCUT2D eigenvalue weighted by Crippen LogP contribution is 2.30. The molecule has 1 atom stereocenters. The Hall–Kier alpha value is -0.910. The smallest absolute Gasteiger partial charge is 0.326 e. The Balaban J connectivity index is 2.37. The normalized spacial score (nSPS) is 18.9. The van der Waals surface area contributed by atoms with Gasteiger partial charge in [-0.1, -0.05) is 0 Å². The number of carbonyl (C=O) groups is 2. The van der Waals surface area contributed by atoms with Crippen LogP contribution in [-0.4, -0.2) is 40.7 Å². The van der Waals surface area contributed by atoms with Crippen LogP contribution in [0.25, 0.3) is 0 Å². The molecule has 5 nitrogen and oxygen atoms in total. The molecule has 1 aliphatic rings. The van der Waals surface area contributed by atoms with Crippen molar-refractivity contribution in [1.29, 1.82) is 0 Å². The number of urea groups is 1. The molecule has 0 aromatic heterocycles. The summed E-state index contributed by atoms with van der Waals surface area (Å²) < 4.78 is 0. The second-order valence-corrected chi connectivity index (χ2v) is 5.67. The molecule has 0 heterocycles. The third-order valence-electron chi connectivity index (χ3n) is 3.09. The minimum absolute atomic E-state index is 0.146. The van der Waals surface area contributed by atoms with Gasteiger partial charge in [0.15, 0.2) is 0 Å². The van der Waals surface area contributed by atoms with E-state index in [0.29, 0.717) is 12.2 Å². The zero-order chi connectivity index (χ0) is 12.9. The molecule has 0 spiro atoms. The lowest BCUT2D eigenvalue weighted by Crippen LogP contribution is -2.56. The standard InChI is InChI=1S/C11H20N2O3S/c1-11(5-3-6-11)13-10(16)12-8(9(14)15)4-7-17-2/h8H,3-7H2,1-2H3,(H,14,15)(H2,12,13,16). The molecule has 1 rings (SSSR count). The molecule has 6 heteroatoms. The quantitative estimate of drug-likeness (QED) is 0.675. The Morgan fingerprint density at radius 2 is 2.12 bits per heavy atom. The molecule has 0 aromatic rings. The molecule has 0 aromatic carbocycles. The number of rotatable bonds is 6. The van der Waals surface area contributed by atoms with Crippen LogP contribution in [0, 0.1) is 0 Å². The summed E-state index contributed by atoms with van der Waals surface area (Å²) in [4.78, 5) is 22.6. The van der Waals surface area contributed by atoms with E-state index in [1.54, 1.807) is 11.8 Å². The van der Waals surface area contributed by atoms with E-state index in [0.717, 1.165) is 19.3 Å².